The van der Waals surface area contributed by atoms with Crippen LogP contribution in [0.15, 0.2) is 4.52 Å². The van der Waals surface area contributed by atoms with Crippen LogP contribution in [0.1, 0.15) is 57.3 Å². The molecule has 1 aromatic rings. The van der Waals surface area contributed by atoms with Gasteiger partial charge in [-0.3, -0.25) is 0 Å². The molecule has 0 spiro atoms. The molecule has 1 atom stereocenters. The molecule has 112 valence electrons. The molecule has 20 heavy (non-hydrogen) atoms. The van der Waals surface area contributed by atoms with Crippen molar-refractivity contribution in [2.24, 2.45) is 11.7 Å². The molecule has 0 radical (unpaired) electrons. The van der Waals surface area contributed by atoms with Crippen molar-refractivity contribution in [2.75, 3.05) is 18.0 Å². The van der Waals surface area contributed by atoms with Gasteiger partial charge in [-0.2, -0.15) is 4.98 Å². The first-order valence-corrected chi connectivity index (χ1v) is 8.16. The summed E-state index contributed by atoms with van der Waals surface area (Å²) >= 11 is 0. The lowest BCUT2D eigenvalue weighted by Crippen LogP contribution is -2.31. The highest BCUT2D eigenvalue weighted by Crippen LogP contribution is 2.28. The fraction of sp³-hybridized carbons (Fsp3) is 0.867. The van der Waals surface area contributed by atoms with E-state index in [0.717, 1.165) is 25.5 Å². The standard InChI is InChI=1S/C15H26N4O/c16-13(12-7-3-4-8-12)11-14-17-15(18-20-14)19-9-5-1-2-6-10-19/h12-13H,1-11,16H2. The van der Waals surface area contributed by atoms with E-state index in [1.165, 1.54) is 51.4 Å². The van der Waals surface area contributed by atoms with Gasteiger partial charge in [0.25, 0.3) is 5.95 Å². The third-order valence-electron chi connectivity index (χ3n) is 4.76. The van der Waals surface area contributed by atoms with E-state index in [1.54, 1.807) is 0 Å². The molecule has 1 unspecified atom stereocenters. The summed E-state index contributed by atoms with van der Waals surface area (Å²) in [5.74, 6) is 2.12. The van der Waals surface area contributed by atoms with E-state index in [2.05, 4.69) is 15.0 Å². The molecule has 3 rings (SSSR count). The molecule has 1 saturated carbocycles. The van der Waals surface area contributed by atoms with Gasteiger partial charge in [0.15, 0.2) is 0 Å². The first-order chi connectivity index (χ1) is 9.83. The topological polar surface area (TPSA) is 68.2 Å². The highest BCUT2D eigenvalue weighted by atomic mass is 16.5. The largest absolute Gasteiger partial charge is 0.338 e. The number of hydrogen-bond donors (Lipinski definition) is 1. The van der Waals surface area contributed by atoms with Gasteiger partial charge in [0, 0.05) is 25.6 Å². The first-order valence-electron chi connectivity index (χ1n) is 8.16. The van der Waals surface area contributed by atoms with E-state index < -0.39 is 0 Å². The number of nitrogens with two attached hydrogens (primary N) is 1. The van der Waals surface area contributed by atoms with Crippen molar-refractivity contribution in [3.8, 4) is 0 Å². The summed E-state index contributed by atoms with van der Waals surface area (Å²) in [6.45, 7) is 2.10. The summed E-state index contributed by atoms with van der Waals surface area (Å²) < 4.78 is 5.41. The maximum Gasteiger partial charge on any atom is 0.266 e. The van der Waals surface area contributed by atoms with Gasteiger partial charge in [0.05, 0.1) is 0 Å². The van der Waals surface area contributed by atoms with Crippen LogP contribution in [0.5, 0.6) is 0 Å². The van der Waals surface area contributed by atoms with E-state index in [-0.39, 0.29) is 6.04 Å². The lowest BCUT2D eigenvalue weighted by molar-refractivity contribution is 0.340. The molecule has 5 nitrogen and oxygen atoms in total. The number of aromatic nitrogens is 2. The second-order valence-electron chi connectivity index (χ2n) is 6.30. The lowest BCUT2D eigenvalue weighted by atomic mass is 9.96. The van der Waals surface area contributed by atoms with Crippen molar-refractivity contribution >= 4 is 5.95 Å². The van der Waals surface area contributed by atoms with Crippen LogP contribution in [0.25, 0.3) is 0 Å². The third-order valence-corrected chi connectivity index (χ3v) is 4.76. The molecular weight excluding hydrogens is 252 g/mol. The fourth-order valence-corrected chi connectivity index (χ4v) is 3.48. The predicted molar refractivity (Wildman–Crippen MR) is 78.6 cm³/mol. The number of anilines is 1. The van der Waals surface area contributed by atoms with Crippen molar-refractivity contribution in [3.05, 3.63) is 5.89 Å². The third kappa shape index (κ3) is 3.32. The lowest BCUT2D eigenvalue weighted by Gasteiger charge is -2.17. The van der Waals surface area contributed by atoms with Crippen molar-refractivity contribution in [3.63, 3.8) is 0 Å². The van der Waals surface area contributed by atoms with E-state index in [0.29, 0.717) is 11.8 Å². The van der Waals surface area contributed by atoms with Crippen LogP contribution in [0.3, 0.4) is 0 Å². The maximum absolute atomic E-state index is 6.28. The Kier molecular flexibility index (Phi) is 4.55. The zero-order chi connectivity index (χ0) is 13.8. The van der Waals surface area contributed by atoms with Crippen molar-refractivity contribution in [1.82, 2.24) is 10.1 Å². The molecule has 1 aliphatic carbocycles. The SMILES string of the molecule is NC(Cc1nc(N2CCCCCC2)no1)C1CCCC1. The maximum atomic E-state index is 6.28. The minimum absolute atomic E-state index is 0.176. The predicted octanol–water partition coefficient (Wildman–Crippen LogP) is 2.51. The Bertz CT molecular complexity index is 406. The van der Waals surface area contributed by atoms with Gasteiger partial charge in [-0.25, -0.2) is 0 Å². The smallest absolute Gasteiger partial charge is 0.266 e. The highest BCUT2D eigenvalue weighted by Gasteiger charge is 2.24. The van der Waals surface area contributed by atoms with Crippen LogP contribution in [-0.4, -0.2) is 29.3 Å². The van der Waals surface area contributed by atoms with Crippen molar-refractivity contribution < 1.29 is 4.52 Å². The summed E-state index contributed by atoms with van der Waals surface area (Å²) in [5, 5.41) is 4.15. The van der Waals surface area contributed by atoms with E-state index >= 15 is 0 Å². The number of rotatable bonds is 4. The molecule has 2 fully saturated rings. The Morgan fingerprint density at radius 3 is 2.50 bits per heavy atom. The van der Waals surface area contributed by atoms with Gasteiger partial charge in [0.1, 0.15) is 0 Å². The molecule has 2 heterocycles. The summed E-state index contributed by atoms with van der Waals surface area (Å²) in [4.78, 5) is 6.81. The molecule has 1 saturated heterocycles. The minimum Gasteiger partial charge on any atom is -0.338 e. The van der Waals surface area contributed by atoms with Gasteiger partial charge in [-0.1, -0.05) is 25.7 Å². The average Bonchev–Trinajstić information content (AvgIpc) is 3.06. The number of hydrogen-bond acceptors (Lipinski definition) is 5. The van der Waals surface area contributed by atoms with Gasteiger partial charge in [-0.15, -0.1) is 0 Å². The Hall–Kier alpha value is -1.10. The van der Waals surface area contributed by atoms with Crippen LogP contribution in [0, 0.1) is 5.92 Å². The van der Waals surface area contributed by atoms with Crippen molar-refractivity contribution in [2.45, 2.75) is 63.8 Å². The average molecular weight is 278 g/mol. The Morgan fingerprint density at radius 2 is 1.80 bits per heavy atom. The van der Waals surface area contributed by atoms with Crippen LogP contribution in [0.4, 0.5) is 5.95 Å². The molecular formula is C15H26N4O. The van der Waals surface area contributed by atoms with Gasteiger partial charge >= 0.3 is 0 Å². The van der Waals surface area contributed by atoms with E-state index in [1.807, 2.05) is 0 Å². The minimum atomic E-state index is 0.176. The summed E-state index contributed by atoms with van der Waals surface area (Å²) in [6, 6.07) is 0.176. The highest BCUT2D eigenvalue weighted by molar-refractivity contribution is 5.27. The zero-order valence-electron chi connectivity index (χ0n) is 12.3. The molecule has 0 amide bonds. The second-order valence-corrected chi connectivity index (χ2v) is 6.30. The molecule has 1 aromatic heterocycles. The molecule has 1 aliphatic heterocycles. The molecule has 0 aromatic carbocycles. The van der Waals surface area contributed by atoms with Gasteiger partial charge in [-0.05, 0) is 36.8 Å². The van der Waals surface area contributed by atoms with E-state index in [4.69, 9.17) is 10.3 Å². The normalized spacial score (nSPS) is 22.9. The van der Waals surface area contributed by atoms with Gasteiger partial charge in [0.2, 0.25) is 5.89 Å². The molecule has 5 heteroatoms. The quantitative estimate of drug-likeness (QED) is 0.916. The fourth-order valence-electron chi connectivity index (χ4n) is 3.48. The van der Waals surface area contributed by atoms with Crippen LogP contribution in [0.2, 0.25) is 0 Å². The Labute approximate surface area is 120 Å². The molecule has 0 bridgehead atoms. The first kappa shape index (κ1) is 13.9. The molecule has 2 aliphatic rings. The van der Waals surface area contributed by atoms with Crippen LogP contribution in [-0.2, 0) is 6.42 Å². The zero-order valence-corrected chi connectivity index (χ0v) is 12.3. The van der Waals surface area contributed by atoms with Crippen molar-refractivity contribution in [1.29, 1.82) is 0 Å². The number of nitrogens with zero attached hydrogens (tertiary/aromatic N) is 3. The van der Waals surface area contributed by atoms with Gasteiger partial charge < -0.3 is 15.2 Å². The second kappa shape index (κ2) is 6.57. The summed E-state index contributed by atoms with van der Waals surface area (Å²) in [7, 11) is 0. The molecule has 2 N–H and O–H groups in total. The Morgan fingerprint density at radius 1 is 1.10 bits per heavy atom. The Balaban J connectivity index is 1.58. The van der Waals surface area contributed by atoms with Crippen LogP contribution < -0.4 is 10.6 Å². The van der Waals surface area contributed by atoms with E-state index in [9.17, 15) is 0 Å². The monoisotopic (exact) mass is 278 g/mol. The summed E-state index contributed by atoms with van der Waals surface area (Å²) in [5.41, 5.74) is 6.28. The van der Waals surface area contributed by atoms with Crippen LogP contribution >= 0.6 is 0 Å². The summed E-state index contributed by atoms with van der Waals surface area (Å²) in [6.07, 6.45) is 11.0.